The molecule has 1 unspecified atom stereocenters. The van der Waals surface area contributed by atoms with Crippen LogP contribution >= 0.6 is 0 Å². The van der Waals surface area contributed by atoms with Crippen LogP contribution in [-0.2, 0) is 4.79 Å². The first-order valence-corrected chi connectivity index (χ1v) is 6.68. The highest BCUT2D eigenvalue weighted by Gasteiger charge is 2.26. The summed E-state index contributed by atoms with van der Waals surface area (Å²) in [6.45, 7) is 9.20. The number of carbonyl (C=O) groups excluding carboxylic acids is 1. The average molecular weight is 241 g/mol. The largest absolute Gasteiger partial charge is 0.351 e. The molecule has 4 heteroatoms. The van der Waals surface area contributed by atoms with Gasteiger partial charge in [-0.2, -0.15) is 0 Å². The van der Waals surface area contributed by atoms with Crippen molar-refractivity contribution in [3.8, 4) is 0 Å². The lowest BCUT2D eigenvalue weighted by Crippen LogP contribution is -2.55. The lowest BCUT2D eigenvalue weighted by atomic mass is 10.0. The quantitative estimate of drug-likeness (QED) is 0.754. The van der Waals surface area contributed by atoms with Crippen LogP contribution in [0.15, 0.2) is 0 Å². The van der Waals surface area contributed by atoms with E-state index in [4.69, 9.17) is 0 Å². The highest BCUT2D eigenvalue weighted by Crippen LogP contribution is 2.09. The summed E-state index contributed by atoms with van der Waals surface area (Å²) in [5.74, 6) is 0.0736. The molecule has 1 rings (SSSR count). The van der Waals surface area contributed by atoms with Gasteiger partial charge in [-0.1, -0.05) is 6.42 Å². The van der Waals surface area contributed by atoms with Crippen LogP contribution in [0.2, 0.25) is 0 Å². The second kappa shape index (κ2) is 6.36. The number of hydrogen-bond acceptors (Lipinski definition) is 3. The van der Waals surface area contributed by atoms with Crippen LogP contribution in [0.25, 0.3) is 0 Å². The van der Waals surface area contributed by atoms with Gasteiger partial charge < -0.3 is 15.5 Å². The van der Waals surface area contributed by atoms with E-state index in [9.17, 15) is 4.79 Å². The summed E-state index contributed by atoms with van der Waals surface area (Å²) in [6.07, 6.45) is 3.94. The number of likely N-dealkylation sites (tertiary alicyclic amines) is 1. The molecule has 1 heterocycles. The van der Waals surface area contributed by atoms with E-state index in [0.717, 1.165) is 6.54 Å². The molecule has 2 N–H and O–H groups in total. The summed E-state index contributed by atoms with van der Waals surface area (Å²) >= 11 is 0. The summed E-state index contributed by atoms with van der Waals surface area (Å²) in [7, 11) is 1.81. The molecule has 1 amide bonds. The Morgan fingerprint density at radius 2 is 1.88 bits per heavy atom. The van der Waals surface area contributed by atoms with Gasteiger partial charge in [0.2, 0.25) is 5.91 Å². The molecule has 0 bridgehead atoms. The number of piperidine rings is 1. The monoisotopic (exact) mass is 241 g/mol. The molecule has 1 fully saturated rings. The Morgan fingerprint density at radius 1 is 1.29 bits per heavy atom. The van der Waals surface area contributed by atoms with E-state index < -0.39 is 5.54 Å². The first-order valence-electron chi connectivity index (χ1n) is 6.68. The molecule has 0 aromatic heterocycles. The minimum Gasteiger partial charge on any atom is -0.351 e. The highest BCUT2D eigenvalue weighted by molar-refractivity contribution is 5.85. The number of nitrogens with one attached hydrogen (secondary N) is 2. The minimum absolute atomic E-state index is 0.0736. The molecule has 1 aliphatic heterocycles. The van der Waals surface area contributed by atoms with E-state index in [1.165, 1.54) is 32.4 Å². The smallest absolute Gasteiger partial charge is 0.239 e. The van der Waals surface area contributed by atoms with Crippen LogP contribution in [0.4, 0.5) is 0 Å². The van der Waals surface area contributed by atoms with E-state index in [1.807, 2.05) is 20.9 Å². The lowest BCUT2D eigenvalue weighted by Gasteiger charge is -2.31. The van der Waals surface area contributed by atoms with E-state index >= 15 is 0 Å². The molecule has 1 atom stereocenters. The van der Waals surface area contributed by atoms with Crippen molar-refractivity contribution in [2.75, 3.05) is 26.7 Å². The molecule has 1 aliphatic rings. The van der Waals surface area contributed by atoms with Crippen molar-refractivity contribution in [2.45, 2.75) is 51.6 Å². The molecule has 100 valence electrons. The first kappa shape index (κ1) is 14.5. The number of nitrogens with zero attached hydrogens (tertiary/aromatic N) is 1. The van der Waals surface area contributed by atoms with Gasteiger partial charge in [-0.05, 0) is 53.8 Å². The minimum atomic E-state index is -0.490. The second-order valence-corrected chi connectivity index (χ2v) is 5.61. The molecule has 0 radical (unpaired) electrons. The van der Waals surface area contributed by atoms with Crippen LogP contribution in [-0.4, -0.2) is 49.1 Å². The summed E-state index contributed by atoms with van der Waals surface area (Å²) < 4.78 is 0. The maximum Gasteiger partial charge on any atom is 0.239 e. The Hall–Kier alpha value is -0.610. The van der Waals surface area contributed by atoms with Crippen molar-refractivity contribution in [1.29, 1.82) is 0 Å². The van der Waals surface area contributed by atoms with Crippen LogP contribution in [0.3, 0.4) is 0 Å². The number of likely N-dealkylation sites (N-methyl/N-ethyl adjacent to an activating group) is 1. The van der Waals surface area contributed by atoms with Gasteiger partial charge >= 0.3 is 0 Å². The lowest BCUT2D eigenvalue weighted by molar-refractivity contribution is -0.127. The van der Waals surface area contributed by atoms with Crippen LogP contribution in [0.1, 0.15) is 40.0 Å². The zero-order valence-electron chi connectivity index (χ0n) is 11.7. The van der Waals surface area contributed by atoms with Gasteiger partial charge in [0.25, 0.3) is 0 Å². The second-order valence-electron chi connectivity index (χ2n) is 5.61. The van der Waals surface area contributed by atoms with Gasteiger partial charge in [-0.15, -0.1) is 0 Å². The van der Waals surface area contributed by atoms with Crippen LogP contribution in [0.5, 0.6) is 0 Å². The zero-order chi connectivity index (χ0) is 12.9. The summed E-state index contributed by atoms with van der Waals surface area (Å²) in [4.78, 5) is 14.4. The molecule has 4 nitrogen and oxygen atoms in total. The molecular weight excluding hydrogens is 214 g/mol. The molecule has 0 aromatic rings. The predicted octanol–water partition coefficient (Wildman–Crippen LogP) is 0.975. The summed E-state index contributed by atoms with van der Waals surface area (Å²) in [5.41, 5.74) is -0.490. The molecule has 0 saturated carbocycles. The van der Waals surface area contributed by atoms with Gasteiger partial charge in [-0.3, -0.25) is 4.79 Å². The van der Waals surface area contributed by atoms with Crippen molar-refractivity contribution in [2.24, 2.45) is 0 Å². The van der Waals surface area contributed by atoms with E-state index in [1.54, 1.807) is 0 Å². The molecule has 0 aromatic carbocycles. The van der Waals surface area contributed by atoms with E-state index in [2.05, 4.69) is 22.5 Å². The topological polar surface area (TPSA) is 44.4 Å². The third-order valence-corrected chi connectivity index (χ3v) is 3.55. The van der Waals surface area contributed by atoms with Gasteiger partial charge in [-0.25, -0.2) is 0 Å². The fraction of sp³-hybridized carbons (Fsp3) is 0.923. The van der Waals surface area contributed by atoms with E-state index in [-0.39, 0.29) is 11.9 Å². The molecule has 0 spiro atoms. The normalized spacial score (nSPS) is 20.0. The number of rotatable bonds is 5. The molecular formula is C13H27N3O. The number of amides is 1. The van der Waals surface area contributed by atoms with Crippen molar-refractivity contribution < 1.29 is 4.79 Å². The molecule has 1 saturated heterocycles. The van der Waals surface area contributed by atoms with Crippen molar-refractivity contribution in [3.63, 3.8) is 0 Å². The van der Waals surface area contributed by atoms with Gasteiger partial charge in [0.1, 0.15) is 0 Å². The Kier molecular flexibility index (Phi) is 5.40. The first-order chi connectivity index (χ1) is 7.95. The van der Waals surface area contributed by atoms with Crippen LogP contribution in [0, 0.1) is 0 Å². The fourth-order valence-electron chi connectivity index (χ4n) is 2.09. The standard InChI is InChI=1S/C13H27N3O/c1-11(10-16-8-6-5-7-9-16)15-12(17)13(2,3)14-4/h11,14H,5-10H2,1-4H3,(H,15,17). The van der Waals surface area contributed by atoms with Gasteiger partial charge in [0, 0.05) is 12.6 Å². The summed E-state index contributed by atoms with van der Waals surface area (Å²) in [6, 6.07) is 0.216. The predicted molar refractivity (Wildman–Crippen MR) is 71.0 cm³/mol. The maximum absolute atomic E-state index is 12.0. The Morgan fingerprint density at radius 3 is 2.41 bits per heavy atom. The summed E-state index contributed by atoms with van der Waals surface area (Å²) in [5, 5.41) is 6.10. The number of carbonyl (C=O) groups is 1. The van der Waals surface area contributed by atoms with Crippen molar-refractivity contribution in [3.05, 3.63) is 0 Å². The highest BCUT2D eigenvalue weighted by atomic mass is 16.2. The third-order valence-electron chi connectivity index (χ3n) is 3.55. The molecule has 0 aliphatic carbocycles. The zero-order valence-corrected chi connectivity index (χ0v) is 11.7. The number of hydrogen-bond donors (Lipinski definition) is 2. The Labute approximate surface area is 105 Å². The van der Waals surface area contributed by atoms with E-state index in [0.29, 0.717) is 0 Å². The van der Waals surface area contributed by atoms with Gasteiger partial charge in [0.05, 0.1) is 5.54 Å². The molecule has 17 heavy (non-hydrogen) atoms. The van der Waals surface area contributed by atoms with Crippen molar-refractivity contribution in [1.82, 2.24) is 15.5 Å². The van der Waals surface area contributed by atoms with Gasteiger partial charge in [0.15, 0.2) is 0 Å². The Balaban J connectivity index is 2.33. The average Bonchev–Trinajstić information content (AvgIpc) is 2.30. The SMILES string of the molecule is CNC(C)(C)C(=O)NC(C)CN1CCCCC1. The Bertz CT molecular complexity index is 247. The van der Waals surface area contributed by atoms with Crippen molar-refractivity contribution >= 4 is 5.91 Å². The fourth-order valence-corrected chi connectivity index (χ4v) is 2.09. The maximum atomic E-state index is 12.0. The van der Waals surface area contributed by atoms with Crippen LogP contribution < -0.4 is 10.6 Å². The third kappa shape index (κ3) is 4.64.